The molecule has 0 N–H and O–H groups in total. The smallest absolute Gasteiger partial charge is 0.0888 e. The van der Waals surface area contributed by atoms with Gasteiger partial charge in [-0.15, -0.1) is 0 Å². The molecule has 0 aliphatic heterocycles. The van der Waals surface area contributed by atoms with Crippen LogP contribution in [0.1, 0.15) is 50.7 Å². The molecule has 3 heteroatoms. The molecule has 0 unspecified atom stereocenters. The molecule has 2 aromatic heterocycles. The summed E-state index contributed by atoms with van der Waals surface area (Å²) in [6.07, 6.45) is 9.88. The van der Waals surface area contributed by atoms with E-state index < -0.39 is 0 Å². The number of unbranched alkanes of at least 4 members (excludes halogenated alkanes) is 1. The van der Waals surface area contributed by atoms with Crippen molar-refractivity contribution < 1.29 is 0 Å². The van der Waals surface area contributed by atoms with Crippen molar-refractivity contribution >= 4 is 0 Å². The van der Waals surface area contributed by atoms with Crippen molar-refractivity contribution in [1.82, 2.24) is 14.9 Å². The fourth-order valence-corrected chi connectivity index (χ4v) is 3.08. The maximum absolute atomic E-state index is 4.49. The molecule has 0 saturated carbocycles. The second-order valence-electron chi connectivity index (χ2n) is 6.57. The predicted molar refractivity (Wildman–Crippen MR) is 102 cm³/mol. The van der Waals surface area contributed by atoms with E-state index in [2.05, 4.69) is 53.8 Å². The van der Waals surface area contributed by atoms with Crippen LogP contribution in [0.15, 0.2) is 36.7 Å². The third-order valence-corrected chi connectivity index (χ3v) is 4.27. The summed E-state index contributed by atoms with van der Waals surface area (Å²) in [4.78, 5) is 11.5. The molecule has 0 aliphatic rings. The zero-order valence-electron chi connectivity index (χ0n) is 15.5. The van der Waals surface area contributed by atoms with Crippen LogP contribution < -0.4 is 0 Å². The molecule has 0 radical (unpaired) electrons. The molecule has 0 amide bonds. The Labute approximate surface area is 147 Å². The molecule has 24 heavy (non-hydrogen) atoms. The van der Waals surface area contributed by atoms with Crippen LogP contribution in [0.3, 0.4) is 0 Å². The van der Waals surface area contributed by atoms with Gasteiger partial charge in [0.1, 0.15) is 0 Å². The number of rotatable bonds is 10. The van der Waals surface area contributed by atoms with Gasteiger partial charge >= 0.3 is 0 Å². The second-order valence-corrected chi connectivity index (χ2v) is 6.57. The number of hydrogen-bond donors (Lipinski definition) is 0. The summed E-state index contributed by atoms with van der Waals surface area (Å²) in [5, 5.41) is 0. The summed E-state index contributed by atoms with van der Waals surface area (Å²) >= 11 is 0. The third-order valence-electron chi connectivity index (χ3n) is 4.27. The fraction of sp³-hybridized carbons (Fsp3) is 0.524. The summed E-state index contributed by atoms with van der Waals surface area (Å²) in [7, 11) is 0. The Morgan fingerprint density at radius 1 is 0.833 bits per heavy atom. The predicted octanol–water partition coefficient (Wildman–Crippen LogP) is 4.90. The van der Waals surface area contributed by atoms with Gasteiger partial charge in [0.05, 0.1) is 11.4 Å². The summed E-state index contributed by atoms with van der Waals surface area (Å²) in [6.45, 7) is 10.3. The van der Waals surface area contributed by atoms with Gasteiger partial charge in [0.15, 0.2) is 0 Å². The Morgan fingerprint density at radius 3 is 2.17 bits per heavy atom. The van der Waals surface area contributed by atoms with E-state index in [-0.39, 0.29) is 0 Å². The van der Waals surface area contributed by atoms with Gasteiger partial charge in [-0.2, -0.15) is 0 Å². The first kappa shape index (κ1) is 18.6. The zero-order valence-corrected chi connectivity index (χ0v) is 15.5. The lowest BCUT2D eigenvalue weighted by atomic mass is 10.1. The highest BCUT2D eigenvalue weighted by Crippen LogP contribution is 2.17. The zero-order chi connectivity index (χ0) is 17.2. The molecule has 3 nitrogen and oxygen atoms in total. The van der Waals surface area contributed by atoms with Crippen molar-refractivity contribution in [3.8, 4) is 11.4 Å². The summed E-state index contributed by atoms with van der Waals surface area (Å²) < 4.78 is 0. The number of aromatic nitrogens is 2. The number of pyridine rings is 2. The van der Waals surface area contributed by atoms with Gasteiger partial charge in [-0.25, -0.2) is 0 Å². The van der Waals surface area contributed by atoms with Crippen molar-refractivity contribution in [1.29, 1.82) is 0 Å². The molecule has 2 rings (SSSR count). The number of aryl methyl sites for hydroxylation is 2. The topological polar surface area (TPSA) is 29.0 Å². The second kappa shape index (κ2) is 10.2. The minimum Gasteiger partial charge on any atom is -0.303 e. The van der Waals surface area contributed by atoms with Crippen LogP contribution >= 0.6 is 0 Å². The Bertz CT molecular complexity index is 604. The van der Waals surface area contributed by atoms with Gasteiger partial charge in [-0.1, -0.05) is 13.8 Å². The largest absolute Gasteiger partial charge is 0.303 e. The molecular weight excluding hydrogens is 294 g/mol. The van der Waals surface area contributed by atoms with Crippen LogP contribution in [-0.4, -0.2) is 34.5 Å². The SMILES string of the molecule is CCCN(CCC)CCCCc1ccnc(-c2cc(C)ccn2)c1. The highest BCUT2D eigenvalue weighted by atomic mass is 15.1. The minimum atomic E-state index is 0.967. The Balaban J connectivity index is 1.86. The highest BCUT2D eigenvalue weighted by molar-refractivity contribution is 5.55. The lowest BCUT2D eigenvalue weighted by molar-refractivity contribution is 0.269. The van der Waals surface area contributed by atoms with Crippen LogP contribution in [0.5, 0.6) is 0 Å². The lowest BCUT2D eigenvalue weighted by Crippen LogP contribution is -2.26. The molecule has 130 valence electrons. The van der Waals surface area contributed by atoms with Crippen molar-refractivity contribution in [2.75, 3.05) is 19.6 Å². The average Bonchev–Trinajstić information content (AvgIpc) is 2.59. The highest BCUT2D eigenvalue weighted by Gasteiger charge is 2.04. The van der Waals surface area contributed by atoms with E-state index >= 15 is 0 Å². The first-order chi connectivity index (χ1) is 11.7. The van der Waals surface area contributed by atoms with Crippen molar-refractivity contribution in [3.63, 3.8) is 0 Å². The first-order valence-electron chi connectivity index (χ1n) is 9.33. The summed E-state index contributed by atoms with van der Waals surface area (Å²) in [5.41, 5.74) is 4.53. The fourth-order valence-electron chi connectivity index (χ4n) is 3.08. The molecule has 2 heterocycles. The molecule has 0 spiro atoms. The van der Waals surface area contributed by atoms with E-state index in [1.807, 2.05) is 18.5 Å². The molecule has 0 atom stereocenters. The molecule has 0 saturated heterocycles. The van der Waals surface area contributed by atoms with Gasteiger partial charge in [0.2, 0.25) is 0 Å². The monoisotopic (exact) mass is 325 g/mol. The van der Waals surface area contributed by atoms with Gasteiger partial charge in [-0.05, 0) is 94.1 Å². The van der Waals surface area contributed by atoms with E-state index in [9.17, 15) is 0 Å². The first-order valence-corrected chi connectivity index (χ1v) is 9.33. The Hall–Kier alpha value is -1.74. The van der Waals surface area contributed by atoms with Crippen LogP contribution in [-0.2, 0) is 6.42 Å². The van der Waals surface area contributed by atoms with E-state index in [4.69, 9.17) is 0 Å². The maximum atomic E-state index is 4.49. The normalized spacial score (nSPS) is 11.2. The van der Waals surface area contributed by atoms with E-state index in [1.54, 1.807) is 0 Å². The lowest BCUT2D eigenvalue weighted by Gasteiger charge is -2.20. The summed E-state index contributed by atoms with van der Waals surface area (Å²) in [5.74, 6) is 0. The third kappa shape index (κ3) is 6.04. The Kier molecular flexibility index (Phi) is 7.90. The van der Waals surface area contributed by atoms with E-state index in [0.29, 0.717) is 0 Å². The standard InChI is InChI=1S/C21H31N3/c1-4-13-24(14-5-2)15-7-6-8-19-10-12-23-21(17-19)20-16-18(3)9-11-22-20/h9-12,16-17H,4-8,13-15H2,1-3H3. The Morgan fingerprint density at radius 2 is 1.50 bits per heavy atom. The van der Waals surface area contributed by atoms with E-state index in [1.165, 1.54) is 56.4 Å². The molecule has 0 fully saturated rings. The average molecular weight is 326 g/mol. The summed E-state index contributed by atoms with van der Waals surface area (Å²) in [6, 6.07) is 8.44. The van der Waals surface area contributed by atoms with Gasteiger partial charge < -0.3 is 4.90 Å². The number of nitrogens with zero attached hydrogens (tertiary/aromatic N) is 3. The van der Waals surface area contributed by atoms with Gasteiger partial charge in [0.25, 0.3) is 0 Å². The number of hydrogen-bond acceptors (Lipinski definition) is 3. The van der Waals surface area contributed by atoms with Gasteiger partial charge in [-0.3, -0.25) is 9.97 Å². The molecule has 0 aliphatic carbocycles. The van der Waals surface area contributed by atoms with Crippen LogP contribution in [0.4, 0.5) is 0 Å². The van der Waals surface area contributed by atoms with Crippen molar-refractivity contribution in [2.45, 2.75) is 52.9 Å². The molecule has 0 aromatic carbocycles. The van der Waals surface area contributed by atoms with Crippen molar-refractivity contribution in [3.05, 3.63) is 47.8 Å². The minimum absolute atomic E-state index is 0.967. The van der Waals surface area contributed by atoms with Crippen molar-refractivity contribution in [2.24, 2.45) is 0 Å². The van der Waals surface area contributed by atoms with Gasteiger partial charge in [0, 0.05) is 12.4 Å². The molecular formula is C21H31N3. The maximum Gasteiger partial charge on any atom is 0.0888 e. The van der Waals surface area contributed by atoms with E-state index in [0.717, 1.165) is 17.8 Å². The van der Waals surface area contributed by atoms with Crippen LogP contribution in [0.25, 0.3) is 11.4 Å². The molecule has 2 aromatic rings. The quantitative estimate of drug-likeness (QED) is 0.582. The van der Waals surface area contributed by atoms with Crippen LogP contribution in [0, 0.1) is 6.92 Å². The van der Waals surface area contributed by atoms with Crippen LogP contribution in [0.2, 0.25) is 0 Å². The molecule has 0 bridgehead atoms.